The maximum Gasteiger partial charge on any atom is 0.0606 e. The van der Waals surface area contributed by atoms with Crippen LogP contribution in [0.25, 0.3) is 0 Å². The summed E-state index contributed by atoms with van der Waals surface area (Å²) in [7, 11) is 0. The highest BCUT2D eigenvalue weighted by molar-refractivity contribution is 4.75. The second-order valence-electron chi connectivity index (χ2n) is 5.76. The van der Waals surface area contributed by atoms with E-state index in [1.807, 2.05) is 6.92 Å². The van der Waals surface area contributed by atoms with E-state index in [9.17, 15) is 5.11 Å². The molecule has 1 aliphatic carbocycles. The topological polar surface area (TPSA) is 29.5 Å². The molecule has 1 fully saturated rings. The summed E-state index contributed by atoms with van der Waals surface area (Å²) >= 11 is 0. The summed E-state index contributed by atoms with van der Waals surface area (Å²) < 4.78 is 6.18. The van der Waals surface area contributed by atoms with E-state index < -0.39 is 0 Å². The Morgan fingerprint density at radius 3 is 2.35 bits per heavy atom. The van der Waals surface area contributed by atoms with Gasteiger partial charge in [0.25, 0.3) is 0 Å². The van der Waals surface area contributed by atoms with E-state index in [0.29, 0.717) is 6.10 Å². The molecular weight excluding hydrogens is 212 g/mol. The Bertz CT molecular complexity index is 185. The molecule has 2 heteroatoms. The molecule has 0 radical (unpaired) electrons. The van der Waals surface area contributed by atoms with Gasteiger partial charge in [0.2, 0.25) is 0 Å². The van der Waals surface area contributed by atoms with Crippen molar-refractivity contribution in [2.45, 2.75) is 90.4 Å². The van der Waals surface area contributed by atoms with E-state index in [0.717, 1.165) is 12.3 Å². The SMILES string of the molecule is CCC[C@@H](O[C@H](C)C[C@@H](C)O)C1CCCCC1. The highest BCUT2D eigenvalue weighted by Gasteiger charge is 2.25. The fraction of sp³-hybridized carbons (Fsp3) is 1.00. The number of rotatable bonds is 7. The van der Waals surface area contributed by atoms with Gasteiger partial charge in [-0.1, -0.05) is 32.6 Å². The molecule has 2 nitrogen and oxygen atoms in total. The van der Waals surface area contributed by atoms with Crippen LogP contribution in [0.5, 0.6) is 0 Å². The van der Waals surface area contributed by atoms with Gasteiger partial charge in [-0.3, -0.25) is 0 Å². The van der Waals surface area contributed by atoms with Crippen molar-refractivity contribution in [2.75, 3.05) is 0 Å². The van der Waals surface area contributed by atoms with E-state index in [2.05, 4.69) is 13.8 Å². The van der Waals surface area contributed by atoms with Crippen molar-refractivity contribution in [2.24, 2.45) is 5.92 Å². The average Bonchev–Trinajstić information content (AvgIpc) is 2.28. The van der Waals surface area contributed by atoms with Crippen molar-refractivity contribution in [3.63, 3.8) is 0 Å². The lowest BCUT2D eigenvalue weighted by Crippen LogP contribution is -2.30. The molecule has 1 N–H and O–H groups in total. The van der Waals surface area contributed by atoms with Gasteiger partial charge in [0.15, 0.2) is 0 Å². The lowest BCUT2D eigenvalue weighted by molar-refractivity contribution is -0.0616. The predicted octanol–water partition coefficient (Wildman–Crippen LogP) is 3.91. The van der Waals surface area contributed by atoms with E-state index in [1.165, 1.54) is 44.9 Å². The first-order valence-electron chi connectivity index (χ1n) is 7.47. The third-order valence-corrected chi connectivity index (χ3v) is 3.83. The van der Waals surface area contributed by atoms with E-state index in [4.69, 9.17) is 4.74 Å². The predicted molar refractivity (Wildman–Crippen MR) is 72.1 cm³/mol. The summed E-state index contributed by atoms with van der Waals surface area (Å²) in [5, 5.41) is 9.40. The third kappa shape index (κ3) is 5.87. The van der Waals surface area contributed by atoms with Crippen LogP contribution in [0.3, 0.4) is 0 Å². The Kier molecular flexibility index (Phi) is 7.14. The molecule has 3 atom stereocenters. The fourth-order valence-corrected chi connectivity index (χ4v) is 3.04. The molecule has 0 aliphatic heterocycles. The van der Waals surface area contributed by atoms with Crippen LogP contribution >= 0.6 is 0 Å². The molecule has 0 aromatic rings. The molecule has 0 spiro atoms. The summed E-state index contributed by atoms with van der Waals surface area (Å²) in [4.78, 5) is 0. The van der Waals surface area contributed by atoms with Crippen LogP contribution in [0.15, 0.2) is 0 Å². The van der Waals surface area contributed by atoms with Crippen molar-refractivity contribution >= 4 is 0 Å². The van der Waals surface area contributed by atoms with Gasteiger partial charge < -0.3 is 9.84 Å². The highest BCUT2D eigenvalue weighted by Crippen LogP contribution is 2.31. The third-order valence-electron chi connectivity index (χ3n) is 3.83. The van der Waals surface area contributed by atoms with E-state index >= 15 is 0 Å². The number of hydrogen-bond acceptors (Lipinski definition) is 2. The summed E-state index contributed by atoms with van der Waals surface area (Å²) in [6.45, 7) is 6.17. The van der Waals surface area contributed by atoms with Gasteiger partial charge in [0.05, 0.1) is 18.3 Å². The maximum atomic E-state index is 9.40. The minimum atomic E-state index is -0.251. The first kappa shape index (κ1) is 15.0. The molecule has 102 valence electrons. The lowest BCUT2D eigenvalue weighted by Gasteiger charge is -2.32. The van der Waals surface area contributed by atoms with E-state index in [1.54, 1.807) is 0 Å². The minimum absolute atomic E-state index is 0.188. The molecular formula is C15H30O2. The maximum absolute atomic E-state index is 9.40. The monoisotopic (exact) mass is 242 g/mol. The van der Waals surface area contributed by atoms with Gasteiger partial charge in [0, 0.05) is 0 Å². The Hall–Kier alpha value is -0.0800. The molecule has 17 heavy (non-hydrogen) atoms. The zero-order chi connectivity index (χ0) is 12.7. The Morgan fingerprint density at radius 1 is 1.18 bits per heavy atom. The highest BCUT2D eigenvalue weighted by atomic mass is 16.5. The van der Waals surface area contributed by atoms with Crippen LogP contribution in [0.1, 0.15) is 72.1 Å². The zero-order valence-electron chi connectivity index (χ0n) is 11.8. The van der Waals surface area contributed by atoms with Gasteiger partial charge in [-0.05, 0) is 45.4 Å². The van der Waals surface area contributed by atoms with Crippen molar-refractivity contribution < 1.29 is 9.84 Å². The summed E-state index contributed by atoms with van der Waals surface area (Å²) in [5.74, 6) is 0.764. The summed E-state index contributed by atoms with van der Waals surface area (Å²) in [6.07, 6.45) is 10.3. The first-order chi connectivity index (χ1) is 8.13. The quantitative estimate of drug-likeness (QED) is 0.733. The van der Waals surface area contributed by atoms with E-state index in [-0.39, 0.29) is 12.2 Å². The van der Waals surface area contributed by atoms with Crippen LogP contribution in [-0.4, -0.2) is 23.4 Å². The first-order valence-corrected chi connectivity index (χ1v) is 7.47. The molecule has 1 aliphatic rings. The zero-order valence-corrected chi connectivity index (χ0v) is 11.8. The van der Waals surface area contributed by atoms with Crippen LogP contribution in [0.2, 0.25) is 0 Å². The standard InChI is InChI=1S/C15H30O2/c1-4-8-15(14-9-6-5-7-10-14)17-13(3)11-12(2)16/h12-16H,4-11H2,1-3H3/t12-,13-,15-/m1/s1. The molecule has 0 heterocycles. The van der Waals surface area contributed by atoms with Gasteiger partial charge in [-0.15, -0.1) is 0 Å². The lowest BCUT2D eigenvalue weighted by atomic mass is 9.83. The van der Waals surface area contributed by atoms with Gasteiger partial charge in [0.1, 0.15) is 0 Å². The summed E-state index contributed by atoms with van der Waals surface area (Å²) in [6, 6.07) is 0. The largest absolute Gasteiger partial charge is 0.393 e. The molecule has 0 bridgehead atoms. The molecule has 0 unspecified atom stereocenters. The molecule has 0 aromatic carbocycles. The molecule has 1 saturated carbocycles. The molecule has 0 aromatic heterocycles. The Balaban J connectivity index is 2.40. The second kappa shape index (κ2) is 8.10. The second-order valence-corrected chi connectivity index (χ2v) is 5.76. The van der Waals surface area contributed by atoms with Crippen LogP contribution < -0.4 is 0 Å². The van der Waals surface area contributed by atoms with Crippen molar-refractivity contribution in [3.05, 3.63) is 0 Å². The van der Waals surface area contributed by atoms with Crippen LogP contribution in [0.4, 0.5) is 0 Å². The smallest absolute Gasteiger partial charge is 0.0606 e. The Morgan fingerprint density at radius 2 is 1.82 bits per heavy atom. The number of aliphatic hydroxyl groups is 1. The fourth-order valence-electron chi connectivity index (χ4n) is 3.04. The van der Waals surface area contributed by atoms with Gasteiger partial charge in [-0.25, -0.2) is 0 Å². The van der Waals surface area contributed by atoms with Crippen LogP contribution in [0, 0.1) is 5.92 Å². The van der Waals surface area contributed by atoms with Crippen molar-refractivity contribution in [1.29, 1.82) is 0 Å². The summed E-state index contributed by atoms with van der Waals surface area (Å²) in [5.41, 5.74) is 0. The molecule has 0 amide bonds. The Labute approximate surface area is 107 Å². The van der Waals surface area contributed by atoms with Crippen molar-refractivity contribution in [3.8, 4) is 0 Å². The molecule has 0 saturated heterocycles. The average molecular weight is 242 g/mol. The van der Waals surface area contributed by atoms with Gasteiger partial charge >= 0.3 is 0 Å². The normalized spacial score (nSPS) is 23.3. The van der Waals surface area contributed by atoms with Crippen LogP contribution in [-0.2, 0) is 4.74 Å². The number of ether oxygens (including phenoxy) is 1. The van der Waals surface area contributed by atoms with Gasteiger partial charge in [-0.2, -0.15) is 0 Å². The molecule has 1 rings (SSSR count). The number of aliphatic hydroxyl groups excluding tert-OH is 1. The number of hydrogen-bond donors (Lipinski definition) is 1. The van der Waals surface area contributed by atoms with Crippen molar-refractivity contribution in [1.82, 2.24) is 0 Å². The minimum Gasteiger partial charge on any atom is -0.393 e.